The van der Waals surface area contributed by atoms with E-state index in [1.165, 1.54) is 12.1 Å². The van der Waals surface area contributed by atoms with E-state index in [2.05, 4.69) is 5.32 Å². The van der Waals surface area contributed by atoms with Crippen molar-refractivity contribution < 1.29 is 18.0 Å². The van der Waals surface area contributed by atoms with Crippen LogP contribution in [0, 0.1) is 13.8 Å². The minimum Gasteiger partial charge on any atom is -0.350 e. The summed E-state index contributed by atoms with van der Waals surface area (Å²) in [6.45, 7) is 4.78. The Labute approximate surface area is 223 Å². The quantitative estimate of drug-likeness (QED) is 0.431. The summed E-state index contributed by atoms with van der Waals surface area (Å²) >= 11 is 6.10. The van der Waals surface area contributed by atoms with Gasteiger partial charge in [-0.05, 0) is 67.3 Å². The molecular formula is C28H30ClN3O4S. The number of benzene rings is 3. The van der Waals surface area contributed by atoms with Crippen LogP contribution in [0.25, 0.3) is 0 Å². The summed E-state index contributed by atoms with van der Waals surface area (Å²) in [6.07, 6.45) is 1.47. The Kier molecular flexibility index (Phi) is 8.19. The van der Waals surface area contributed by atoms with Crippen molar-refractivity contribution in [3.8, 4) is 0 Å². The van der Waals surface area contributed by atoms with Crippen molar-refractivity contribution in [3.63, 3.8) is 0 Å². The van der Waals surface area contributed by atoms with Crippen molar-refractivity contribution in [3.05, 3.63) is 94.0 Å². The van der Waals surface area contributed by atoms with E-state index in [1.807, 2.05) is 36.1 Å². The number of rotatable bonds is 9. The van der Waals surface area contributed by atoms with Crippen LogP contribution in [0.2, 0.25) is 5.02 Å². The zero-order valence-corrected chi connectivity index (χ0v) is 22.5. The predicted molar refractivity (Wildman–Crippen MR) is 145 cm³/mol. The number of nitrogens with zero attached hydrogens (tertiary/aromatic N) is 2. The van der Waals surface area contributed by atoms with E-state index < -0.39 is 15.9 Å². The van der Waals surface area contributed by atoms with E-state index >= 15 is 0 Å². The molecule has 2 amide bonds. The molecule has 1 fully saturated rings. The van der Waals surface area contributed by atoms with Crippen LogP contribution in [0.1, 0.15) is 35.1 Å². The molecule has 0 atom stereocenters. The summed E-state index contributed by atoms with van der Waals surface area (Å²) < 4.78 is 28.3. The highest BCUT2D eigenvalue weighted by Gasteiger charge is 2.28. The molecule has 194 valence electrons. The monoisotopic (exact) mass is 539 g/mol. The molecule has 4 rings (SSSR count). The second-order valence-electron chi connectivity index (χ2n) is 9.27. The van der Waals surface area contributed by atoms with Crippen molar-refractivity contribution in [1.29, 1.82) is 0 Å². The Morgan fingerprint density at radius 1 is 1.03 bits per heavy atom. The third-order valence-electron chi connectivity index (χ3n) is 6.35. The second-order valence-corrected chi connectivity index (χ2v) is 11.6. The molecule has 1 saturated heterocycles. The molecule has 7 nitrogen and oxygen atoms in total. The van der Waals surface area contributed by atoms with Crippen LogP contribution in [0.4, 0.5) is 5.69 Å². The highest BCUT2D eigenvalue weighted by atomic mass is 35.5. The summed E-state index contributed by atoms with van der Waals surface area (Å²) in [5.41, 5.74) is 3.82. The molecule has 0 unspecified atom stereocenters. The number of halogens is 1. The van der Waals surface area contributed by atoms with Gasteiger partial charge in [-0.1, -0.05) is 53.6 Å². The molecule has 0 saturated carbocycles. The molecule has 0 aromatic heterocycles. The average Bonchev–Trinajstić information content (AvgIpc) is 3.26. The highest BCUT2D eigenvalue weighted by Crippen LogP contribution is 2.29. The minimum atomic E-state index is -4.02. The maximum atomic E-state index is 13.6. The van der Waals surface area contributed by atoms with Gasteiger partial charge in [0.05, 0.1) is 10.6 Å². The van der Waals surface area contributed by atoms with Gasteiger partial charge < -0.3 is 10.2 Å². The standard InChI is InChI=1S/C28H30ClN3O4S/c1-20-8-11-25(12-9-20)37(35,36)32(26-13-10-24(29)15-21(26)2)19-27(33)30-17-22-5-3-6-23(16-22)18-31-14-4-7-28(31)34/h3,5-6,8-13,15-16H,4,7,14,17-19H2,1-2H3,(H,30,33). The number of hydrogen-bond acceptors (Lipinski definition) is 4. The first-order valence-electron chi connectivity index (χ1n) is 12.1. The maximum absolute atomic E-state index is 13.6. The minimum absolute atomic E-state index is 0.101. The number of aryl methyl sites for hydroxylation is 2. The van der Waals surface area contributed by atoms with Gasteiger partial charge in [-0.2, -0.15) is 0 Å². The zero-order chi connectivity index (χ0) is 26.6. The molecule has 0 radical (unpaired) electrons. The maximum Gasteiger partial charge on any atom is 0.264 e. The smallest absolute Gasteiger partial charge is 0.264 e. The van der Waals surface area contributed by atoms with Crippen LogP contribution in [-0.2, 0) is 32.7 Å². The summed E-state index contributed by atoms with van der Waals surface area (Å²) in [4.78, 5) is 26.9. The fraction of sp³-hybridized carbons (Fsp3) is 0.286. The fourth-order valence-corrected chi connectivity index (χ4v) is 6.06. The first-order valence-corrected chi connectivity index (χ1v) is 13.9. The molecule has 0 bridgehead atoms. The Hall–Kier alpha value is -3.36. The third kappa shape index (κ3) is 6.50. The lowest BCUT2D eigenvalue weighted by molar-refractivity contribution is -0.128. The van der Waals surface area contributed by atoms with E-state index in [0.29, 0.717) is 29.2 Å². The number of amides is 2. The molecule has 3 aromatic carbocycles. The van der Waals surface area contributed by atoms with Crippen LogP contribution in [0.3, 0.4) is 0 Å². The Morgan fingerprint density at radius 2 is 1.76 bits per heavy atom. The Bertz CT molecular complexity index is 1410. The average molecular weight is 540 g/mol. The van der Waals surface area contributed by atoms with Gasteiger partial charge in [-0.15, -0.1) is 0 Å². The third-order valence-corrected chi connectivity index (χ3v) is 8.36. The zero-order valence-electron chi connectivity index (χ0n) is 20.9. The van der Waals surface area contributed by atoms with Crippen LogP contribution in [0.5, 0.6) is 0 Å². The van der Waals surface area contributed by atoms with Gasteiger partial charge in [0.15, 0.2) is 0 Å². The fourth-order valence-electron chi connectivity index (χ4n) is 4.35. The van der Waals surface area contributed by atoms with Crippen molar-refractivity contribution in [1.82, 2.24) is 10.2 Å². The first kappa shape index (κ1) is 26.7. The van der Waals surface area contributed by atoms with Crippen molar-refractivity contribution in [2.45, 2.75) is 44.7 Å². The van der Waals surface area contributed by atoms with Gasteiger partial charge in [0, 0.05) is 31.1 Å². The van der Waals surface area contributed by atoms with Crippen LogP contribution in [-0.4, -0.2) is 38.2 Å². The Morgan fingerprint density at radius 3 is 2.43 bits per heavy atom. The highest BCUT2D eigenvalue weighted by molar-refractivity contribution is 7.92. The number of sulfonamides is 1. The van der Waals surface area contributed by atoms with Crippen molar-refractivity contribution in [2.24, 2.45) is 0 Å². The molecule has 3 aromatic rings. The van der Waals surface area contributed by atoms with E-state index in [-0.39, 0.29) is 23.9 Å². The normalized spacial score (nSPS) is 13.6. The van der Waals surface area contributed by atoms with Crippen molar-refractivity contribution >= 4 is 39.1 Å². The number of hydrogen-bond donors (Lipinski definition) is 1. The molecule has 9 heteroatoms. The van der Waals surface area contributed by atoms with Gasteiger partial charge in [0.25, 0.3) is 10.0 Å². The predicted octanol–water partition coefficient (Wildman–Crippen LogP) is 4.59. The number of anilines is 1. The van der Waals surface area contributed by atoms with Gasteiger partial charge >= 0.3 is 0 Å². The summed E-state index contributed by atoms with van der Waals surface area (Å²) in [5.74, 6) is -0.281. The first-order chi connectivity index (χ1) is 17.6. The molecule has 1 aliphatic rings. The lowest BCUT2D eigenvalue weighted by Crippen LogP contribution is -2.41. The van der Waals surface area contributed by atoms with E-state index in [0.717, 1.165) is 34.0 Å². The van der Waals surface area contributed by atoms with E-state index in [4.69, 9.17) is 11.6 Å². The largest absolute Gasteiger partial charge is 0.350 e. The van der Waals surface area contributed by atoms with Crippen LogP contribution < -0.4 is 9.62 Å². The molecule has 37 heavy (non-hydrogen) atoms. The summed E-state index contributed by atoms with van der Waals surface area (Å²) in [7, 11) is -4.02. The molecule has 0 spiro atoms. The number of carbonyl (C=O) groups is 2. The molecule has 0 aliphatic carbocycles. The van der Waals surface area contributed by atoms with E-state index in [1.54, 1.807) is 37.3 Å². The molecule has 1 aliphatic heterocycles. The number of carbonyl (C=O) groups excluding carboxylic acids is 2. The Balaban J connectivity index is 1.51. The van der Waals surface area contributed by atoms with Crippen LogP contribution in [0.15, 0.2) is 71.6 Å². The molecule has 1 heterocycles. The number of likely N-dealkylation sites (tertiary alicyclic amines) is 1. The van der Waals surface area contributed by atoms with Gasteiger partial charge in [-0.25, -0.2) is 8.42 Å². The second kappa shape index (κ2) is 11.4. The topological polar surface area (TPSA) is 86.8 Å². The van der Waals surface area contributed by atoms with Gasteiger partial charge in [0.2, 0.25) is 11.8 Å². The van der Waals surface area contributed by atoms with Crippen LogP contribution >= 0.6 is 11.6 Å². The summed E-state index contributed by atoms with van der Waals surface area (Å²) in [6, 6.07) is 19.1. The van der Waals surface area contributed by atoms with E-state index in [9.17, 15) is 18.0 Å². The molecule has 1 N–H and O–H groups in total. The lowest BCUT2D eigenvalue weighted by Gasteiger charge is -2.26. The SMILES string of the molecule is Cc1ccc(S(=O)(=O)N(CC(=O)NCc2cccc(CN3CCCC3=O)c2)c2ccc(Cl)cc2C)cc1. The van der Waals surface area contributed by atoms with Gasteiger partial charge in [-0.3, -0.25) is 13.9 Å². The van der Waals surface area contributed by atoms with Gasteiger partial charge in [0.1, 0.15) is 6.54 Å². The summed E-state index contributed by atoms with van der Waals surface area (Å²) in [5, 5.41) is 3.32. The lowest BCUT2D eigenvalue weighted by atomic mass is 10.1. The molecular weight excluding hydrogens is 510 g/mol. The number of nitrogens with one attached hydrogen (secondary N) is 1. The van der Waals surface area contributed by atoms with Crippen molar-refractivity contribution in [2.75, 3.05) is 17.4 Å².